The van der Waals surface area contributed by atoms with Crippen LogP contribution in [0.4, 0.5) is 5.69 Å². The van der Waals surface area contributed by atoms with Crippen LogP contribution in [0.15, 0.2) is 24.3 Å². The first kappa shape index (κ1) is 17.6. The molecule has 0 saturated carbocycles. The number of nitro benzene ring substituents is 1. The Balaban J connectivity index is 2.90. The molecule has 118 valence electrons. The molecule has 0 amide bonds. The number of benzene rings is 1. The Morgan fingerprint density at radius 2 is 2.00 bits per heavy atom. The van der Waals surface area contributed by atoms with E-state index >= 15 is 0 Å². The molecule has 21 heavy (non-hydrogen) atoms. The molecule has 0 aliphatic carbocycles. The molecular formula is C15H24N2O4. The molecule has 0 spiro atoms. The summed E-state index contributed by atoms with van der Waals surface area (Å²) in [4.78, 5) is 10.5. The molecule has 2 atom stereocenters. The van der Waals surface area contributed by atoms with Crippen LogP contribution in [-0.4, -0.2) is 31.5 Å². The monoisotopic (exact) mass is 296 g/mol. The smallest absolute Gasteiger partial charge is 0.269 e. The van der Waals surface area contributed by atoms with Gasteiger partial charge in [-0.3, -0.25) is 10.1 Å². The molecule has 0 aromatic heterocycles. The minimum Gasteiger partial charge on any atom is -0.354 e. The normalized spacial score (nSPS) is 14.1. The zero-order valence-electron chi connectivity index (χ0n) is 13.0. The van der Waals surface area contributed by atoms with Crippen molar-refractivity contribution in [1.82, 2.24) is 5.32 Å². The van der Waals surface area contributed by atoms with Crippen molar-refractivity contribution in [2.45, 2.75) is 45.1 Å². The summed E-state index contributed by atoms with van der Waals surface area (Å²) in [5.74, 6) is 0. The molecule has 0 bridgehead atoms. The minimum absolute atomic E-state index is 0.0256. The van der Waals surface area contributed by atoms with E-state index in [9.17, 15) is 10.1 Å². The van der Waals surface area contributed by atoms with Gasteiger partial charge in [-0.25, -0.2) is 0 Å². The Bertz CT molecular complexity index is 449. The third kappa shape index (κ3) is 5.08. The lowest BCUT2D eigenvalue weighted by atomic mass is 10.0. The van der Waals surface area contributed by atoms with Crippen LogP contribution in [0, 0.1) is 10.1 Å². The molecule has 0 aliphatic rings. The van der Waals surface area contributed by atoms with Gasteiger partial charge in [0.2, 0.25) is 0 Å². The topological polar surface area (TPSA) is 73.6 Å². The van der Waals surface area contributed by atoms with E-state index in [-0.39, 0.29) is 29.0 Å². The van der Waals surface area contributed by atoms with Crippen molar-refractivity contribution in [3.63, 3.8) is 0 Å². The largest absolute Gasteiger partial charge is 0.354 e. The quantitative estimate of drug-likeness (QED) is 0.431. The van der Waals surface area contributed by atoms with E-state index in [1.54, 1.807) is 26.4 Å². The van der Waals surface area contributed by atoms with E-state index in [0.29, 0.717) is 0 Å². The maximum atomic E-state index is 10.9. The predicted octanol–water partition coefficient (Wildman–Crippen LogP) is 3.03. The zero-order chi connectivity index (χ0) is 15.8. The Kier molecular flexibility index (Phi) is 7.28. The SMILES string of the molecule is CCCC(NC(C)C(OC)OC)c1cccc([N+](=O)[O-])c1. The van der Waals surface area contributed by atoms with Crippen LogP contribution < -0.4 is 5.32 Å². The van der Waals surface area contributed by atoms with Crippen molar-refractivity contribution in [2.24, 2.45) is 0 Å². The van der Waals surface area contributed by atoms with Crippen LogP contribution >= 0.6 is 0 Å². The number of rotatable bonds is 9. The minimum atomic E-state index is -0.372. The highest BCUT2D eigenvalue weighted by atomic mass is 16.7. The first-order chi connectivity index (χ1) is 10.0. The average Bonchev–Trinajstić information content (AvgIpc) is 2.48. The summed E-state index contributed by atoms with van der Waals surface area (Å²) < 4.78 is 10.5. The van der Waals surface area contributed by atoms with Crippen LogP contribution in [0.5, 0.6) is 0 Å². The van der Waals surface area contributed by atoms with Gasteiger partial charge in [-0.1, -0.05) is 25.5 Å². The van der Waals surface area contributed by atoms with Gasteiger partial charge in [-0.05, 0) is 18.9 Å². The highest BCUT2D eigenvalue weighted by Gasteiger charge is 2.21. The van der Waals surface area contributed by atoms with E-state index in [2.05, 4.69) is 12.2 Å². The van der Waals surface area contributed by atoms with Gasteiger partial charge in [0, 0.05) is 32.4 Å². The molecule has 0 aliphatic heterocycles. The molecule has 1 N–H and O–H groups in total. The number of nitrogens with zero attached hydrogens (tertiary/aromatic N) is 1. The molecule has 1 aromatic rings. The average molecular weight is 296 g/mol. The highest BCUT2D eigenvalue weighted by molar-refractivity contribution is 5.35. The number of hydrogen-bond acceptors (Lipinski definition) is 5. The van der Waals surface area contributed by atoms with Crippen molar-refractivity contribution in [3.05, 3.63) is 39.9 Å². The summed E-state index contributed by atoms with van der Waals surface area (Å²) in [5, 5.41) is 14.3. The third-order valence-corrected chi connectivity index (χ3v) is 3.40. The van der Waals surface area contributed by atoms with Gasteiger partial charge in [0.1, 0.15) is 0 Å². The van der Waals surface area contributed by atoms with E-state index < -0.39 is 0 Å². The van der Waals surface area contributed by atoms with Crippen molar-refractivity contribution < 1.29 is 14.4 Å². The van der Waals surface area contributed by atoms with Crippen LogP contribution in [0.1, 0.15) is 38.3 Å². The standard InChI is InChI=1S/C15H24N2O4/c1-5-7-14(16-11(2)15(20-3)21-4)12-8-6-9-13(10-12)17(18)19/h6,8-11,14-16H,5,7H2,1-4H3. The number of nitrogens with one attached hydrogen (secondary N) is 1. The number of nitro groups is 1. The van der Waals surface area contributed by atoms with Gasteiger partial charge in [-0.15, -0.1) is 0 Å². The van der Waals surface area contributed by atoms with Gasteiger partial charge < -0.3 is 14.8 Å². The lowest BCUT2D eigenvalue weighted by molar-refractivity contribution is -0.384. The highest BCUT2D eigenvalue weighted by Crippen LogP contribution is 2.23. The molecule has 2 unspecified atom stereocenters. The lowest BCUT2D eigenvalue weighted by Gasteiger charge is -2.27. The Labute approximate surface area is 125 Å². The summed E-state index contributed by atoms with van der Waals surface area (Å²) in [5.41, 5.74) is 1.02. The molecule has 1 rings (SSSR count). The van der Waals surface area contributed by atoms with Gasteiger partial charge in [-0.2, -0.15) is 0 Å². The van der Waals surface area contributed by atoms with Gasteiger partial charge in [0.05, 0.1) is 11.0 Å². The second-order valence-electron chi connectivity index (χ2n) is 4.99. The van der Waals surface area contributed by atoms with Gasteiger partial charge in [0.25, 0.3) is 5.69 Å². The Morgan fingerprint density at radius 1 is 1.33 bits per heavy atom. The lowest BCUT2D eigenvalue weighted by Crippen LogP contribution is -2.41. The summed E-state index contributed by atoms with van der Waals surface area (Å²) >= 11 is 0. The molecule has 6 nitrogen and oxygen atoms in total. The maximum Gasteiger partial charge on any atom is 0.269 e. The Hall–Kier alpha value is -1.50. The molecule has 1 aromatic carbocycles. The fourth-order valence-corrected chi connectivity index (χ4v) is 2.39. The predicted molar refractivity (Wildman–Crippen MR) is 81.1 cm³/mol. The zero-order valence-corrected chi connectivity index (χ0v) is 13.0. The number of ether oxygens (including phenoxy) is 2. The summed E-state index contributed by atoms with van der Waals surface area (Å²) in [6, 6.07) is 6.74. The van der Waals surface area contributed by atoms with E-state index in [0.717, 1.165) is 18.4 Å². The van der Waals surface area contributed by atoms with Crippen molar-refractivity contribution in [3.8, 4) is 0 Å². The molecular weight excluding hydrogens is 272 g/mol. The van der Waals surface area contributed by atoms with Crippen LogP contribution in [-0.2, 0) is 9.47 Å². The molecule has 0 radical (unpaired) electrons. The van der Waals surface area contributed by atoms with E-state index in [4.69, 9.17) is 9.47 Å². The Morgan fingerprint density at radius 3 is 2.52 bits per heavy atom. The molecule has 0 heterocycles. The van der Waals surface area contributed by atoms with Crippen molar-refractivity contribution >= 4 is 5.69 Å². The first-order valence-corrected chi connectivity index (χ1v) is 7.09. The number of non-ortho nitro benzene ring substituents is 1. The second-order valence-corrected chi connectivity index (χ2v) is 4.99. The first-order valence-electron chi connectivity index (χ1n) is 7.09. The molecule has 0 saturated heterocycles. The maximum absolute atomic E-state index is 10.9. The van der Waals surface area contributed by atoms with Gasteiger partial charge in [0.15, 0.2) is 6.29 Å². The number of hydrogen-bond donors (Lipinski definition) is 1. The van der Waals surface area contributed by atoms with Gasteiger partial charge >= 0.3 is 0 Å². The number of methoxy groups -OCH3 is 2. The second kappa shape index (κ2) is 8.71. The van der Waals surface area contributed by atoms with Crippen LogP contribution in [0.2, 0.25) is 0 Å². The molecule has 6 heteroatoms. The summed E-state index contributed by atoms with van der Waals surface area (Å²) in [6.45, 7) is 4.05. The van der Waals surface area contributed by atoms with Crippen molar-refractivity contribution in [2.75, 3.05) is 14.2 Å². The van der Waals surface area contributed by atoms with E-state index in [1.165, 1.54) is 6.07 Å². The van der Waals surface area contributed by atoms with Crippen molar-refractivity contribution in [1.29, 1.82) is 0 Å². The van der Waals surface area contributed by atoms with Crippen LogP contribution in [0.3, 0.4) is 0 Å². The summed E-state index contributed by atoms with van der Waals surface area (Å²) in [6.07, 6.45) is 1.49. The van der Waals surface area contributed by atoms with E-state index in [1.807, 2.05) is 13.0 Å². The fourth-order valence-electron chi connectivity index (χ4n) is 2.39. The molecule has 0 fully saturated rings. The third-order valence-electron chi connectivity index (χ3n) is 3.40. The fraction of sp³-hybridized carbons (Fsp3) is 0.600. The van der Waals surface area contributed by atoms with Crippen LogP contribution in [0.25, 0.3) is 0 Å². The summed E-state index contributed by atoms with van der Waals surface area (Å²) in [7, 11) is 3.18.